The summed E-state index contributed by atoms with van der Waals surface area (Å²) < 4.78 is 14.6. The molecule has 0 unspecified atom stereocenters. The van der Waals surface area contributed by atoms with E-state index in [0.29, 0.717) is 25.6 Å². The van der Waals surface area contributed by atoms with Crippen LogP contribution in [0.5, 0.6) is 0 Å². The van der Waals surface area contributed by atoms with Crippen LogP contribution in [0.3, 0.4) is 0 Å². The predicted octanol–water partition coefficient (Wildman–Crippen LogP) is 5.34. The lowest BCUT2D eigenvalue weighted by atomic mass is 10.2. The Hall–Kier alpha value is -1.10. The molecule has 0 aliphatic carbocycles. The highest BCUT2D eigenvalue weighted by Gasteiger charge is 2.08. The first-order chi connectivity index (χ1) is 8.97. The third-order valence-electron chi connectivity index (χ3n) is 2.57. The molecular weight excluding hydrogens is 306 g/mol. The molecule has 0 spiro atoms. The molecule has 0 atom stereocenters. The maximum absolute atomic E-state index is 13.4. The number of rotatable bonds is 3. The van der Waals surface area contributed by atoms with Crippen molar-refractivity contribution >= 4 is 45.9 Å². The Labute approximate surface area is 124 Å². The van der Waals surface area contributed by atoms with E-state index in [4.69, 9.17) is 23.2 Å². The molecule has 2 aromatic rings. The van der Waals surface area contributed by atoms with Crippen LogP contribution in [0.15, 0.2) is 29.4 Å². The minimum absolute atomic E-state index is 0.269. The highest BCUT2D eigenvalue weighted by Crippen LogP contribution is 2.31. The van der Waals surface area contributed by atoms with Gasteiger partial charge in [0, 0.05) is 5.56 Å². The van der Waals surface area contributed by atoms with Crippen LogP contribution in [-0.2, 0) is 0 Å². The van der Waals surface area contributed by atoms with E-state index < -0.39 is 0 Å². The first kappa shape index (κ1) is 14.3. The third-order valence-corrected chi connectivity index (χ3v) is 4.06. The Morgan fingerprint density at radius 3 is 2.63 bits per heavy atom. The first-order valence-corrected chi connectivity index (χ1v) is 7.06. The normalized spacial score (nSPS) is 11.7. The molecule has 0 bridgehead atoms. The third kappa shape index (κ3) is 3.47. The summed E-state index contributed by atoms with van der Waals surface area (Å²) >= 11 is 13.2. The fraction of sp³-hybridized carbons (Fsp3) is 0.154. The van der Waals surface area contributed by atoms with Crippen molar-refractivity contribution in [2.45, 2.75) is 13.8 Å². The van der Waals surface area contributed by atoms with Gasteiger partial charge in [-0.3, -0.25) is 5.43 Å². The summed E-state index contributed by atoms with van der Waals surface area (Å²) in [5, 5.41) is 4.17. The molecule has 0 aliphatic rings. The van der Waals surface area contributed by atoms with Crippen LogP contribution >= 0.6 is 34.5 Å². The molecule has 1 N–H and O–H groups in total. The molecule has 1 heterocycles. The second kappa shape index (κ2) is 5.90. The van der Waals surface area contributed by atoms with Crippen molar-refractivity contribution in [3.8, 4) is 0 Å². The Bertz CT molecular complexity index is 638. The second-order valence-corrected chi connectivity index (χ2v) is 6.30. The van der Waals surface area contributed by atoms with Crippen LogP contribution in [0.1, 0.15) is 18.1 Å². The lowest BCUT2D eigenvalue weighted by Crippen LogP contribution is -1.99. The summed E-state index contributed by atoms with van der Waals surface area (Å²) in [7, 11) is 0. The molecule has 0 saturated heterocycles. The van der Waals surface area contributed by atoms with Gasteiger partial charge >= 0.3 is 0 Å². The van der Waals surface area contributed by atoms with Crippen molar-refractivity contribution in [1.29, 1.82) is 0 Å². The van der Waals surface area contributed by atoms with Gasteiger partial charge in [0.05, 0.1) is 15.7 Å². The summed E-state index contributed by atoms with van der Waals surface area (Å²) in [4.78, 5) is 0. The Balaban J connectivity index is 2.18. The molecule has 19 heavy (non-hydrogen) atoms. The van der Waals surface area contributed by atoms with E-state index in [9.17, 15) is 4.39 Å². The molecular formula is C13H11Cl2FN2S. The van der Waals surface area contributed by atoms with E-state index in [2.05, 4.69) is 10.5 Å². The molecule has 2 rings (SSSR count). The standard InChI is InChI=1S/C13H11Cl2FN2S/c1-7-3-4-9(5-11(7)16)18-17-8(2)10-6-12(14)19-13(10)15/h3-6,18H,1-2H3. The van der Waals surface area contributed by atoms with Gasteiger partial charge in [0.15, 0.2) is 0 Å². The van der Waals surface area contributed by atoms with Crippen molar-refractivity contribution in [2.24, 2.45) is 5.10 Å². The van der Waals surface area contributed by atoms with Crippen molar-refractivity contribution < 1.29 is 4.39 Å². The summed E-state index contributed by atoms with van der Waals surface area (Å²) in [6.45, 7) is 3.52. The molecule has 1 aromatic carbocycles. The van der Waals surface area contributed by atoms with E-state index in [1.54, 1.807) is 25.1 Å². The second-order valence-electron chi connectivity index (χ2n) is 4.01. The van der Waals surface area contributed by atoms with Crippen LogP contribution in [0.2, 0.25) is 8.67 Å². The summed E-state index contributed by atoms with van der Waals surface area (Å²) in [5.74, 6) is -0.269. The number of anilines is 1. The van der Waals surface area contributed by atoms with Crippen molar-refractivity contribution in [1.82, 2.24) is 0 Å². The van der Waals surface area contributed by atoms with E-state index in [1.165, 1.54) is 17.4 Å². The zero-order chi connectivity index (χ0) is 14.0. The Kier molecular flexibility index (Phi) is 4.45. The van der Waals surface area contributed by atoms with Gasteiger partial charge in [-0.2, -0.15) is 5.10 Å². The highest BCUT2D eigenvalue weighted by molar-refractivity contribution is 7.20. The van der Waals surface area contributed by atoms with E-state index >= 15 is 0 Å². The van der Waals surface area contributed by atoms with Gasteiger partial charge in [-0.1, -0.05) is 29.3 Å². The molecule has 6 heteroatoms. The highest BCUT2D eigenvalue weighted by atomic mass is 35.5. The SMILES string of the molecule is CC(=NNc1ccc(C)c(F)c1)c1cc(Cl)sc1Cl. The number of thiophene rings is 1. The van der Waals surface area contributed by atoms with Gasteiger partial charge in [0.25, 0.3) is 0 Å². The fourth-order valence-corrected chi connectivity index (χ4v) is 3.02. The molecule has 1 aromatic heterocycles. The van der Waals surface area contributed by atoms with E-state index in [0.717, 1.165) is 5.56 Å². The lowest BCUT2D eigenvalue weighted by molar-refractivity contribution is 0.619. The number of nitrogens with one attached hydrogen (secondary N) is 1. The fourth-order valence-electron chi connectivity index (χ4n) is 1.46. The van der Waals surface area contributed by atoms with Crippen LogP contribution in [0.25, 0.3) is 0 Å². The predicted molar refractivity (Wildman–Crippen MR) is 81.3 cm³/mol. The average molecular weight is 317 g/mol. The van der Waals surface area contributed by atoms with Gasteiger partial charge in [0.1, 0.15) is 10.2 Å². The average Bonchev–Trinajstić information content (AvgIpc) is 2.70. The summed E-state index contributed by atoms with van der Waals surface area (Å²) in [6, 6.07) is 6.60. The van der Waals surface area contributed by atoms with Gasteiger partial charge in [-0.15, -0.1) is 11.3 Å². The maximum atomic E-state index is 13.4. The lowest BCUT2D eigenvalue weighted by Gasteiger charge is -2.04. The van der Waals surface area contributed by atoms with Gasteiger partial charge < -0.3 is 0 Å². The van der Waals surface area contributed by atoms with Crippen LogP contribution < -0.4 is 5.43 Å². The van der Waals surface area contributed by atoms with E-state index in [1.807, 2.05) is 6.92 Å². The van der Waals surface area contributed by atoms with Crippen molar-refractivity contribution in [3.63, 3.8) is 0 Å². The molecule has 0 aliphatic heterocycles. The van der Waals surface area contributed by atoms with Crippen molar-refractivity contribution in [2.75, 3.05) is 5.43 Å². The Morgan fingerprint density at radius 1 is 1.32 bits per heavy atom. The maximum Gasteiger partial charge on any atom is 0.128 e. The summed E-state index contributed by atoms with van der Waals surface area (Å²) in [6.07, 6.45) is 0. The first-order valence-electron chi connectivity index (χ1n) is 5.49. The van der Waals surface area contributed by atoms with Crippen LogP contribution in [0.4, 0.5) is 10.1 Å². The number of aryl methyl sites for hydroxylation is 1. The van der Waals surface area contributed by atoms with Gasteiger partial charge in [-0.05, 0) is 37.6 Å². The largest absolute Gasteiger partial charge is 0.278 e. The molecule has 2 nitrogen and oxygen atoms in total. The molecule has 0 saturated carbocycles. The number of nitrogens with zero attached hydrogens (tertiary/aromatic N) is 1. The smallest absolute Gasteiger partial charge is 0.128 e. The molecule has 100 valence electrons. The number of hydrazone groups is 1. The van der Waals surface area contributed by atoms with Gasteiger partial charge in [-0.25, -0.2) is 4.39 Å². The molecule has 0 fully saturated rings. The number of hydrogen-bond acceptors (Lipinski definition) is 3. The quantitative estimate of drug-likeness (QED) is 0.600. The van der Waals surface area contributed by atoms with Gasteiger partial charge in [0.2, 0.25) is 0 Å². The zero-order valence-corrected chi connectivity index (χ0v) is 12.6. The zero-order valence-electron chi connectivity index (χ0n) is 10.3. The minimum Gasteiger partial charge on any atom is -0.278 e. The molecule has 0 radical (unpaired) electrons. The van der Waals surface area contributed by atoms with Crippen LogP contribution in [0, 0.1) is 12.7 Å². The number of benzene rings is 1. The number of hydrogen-bond donors (Lipinski definition) is 1. The number of halogens is 3. The topological polar surface area (TPSA) is 24.4 Å². The monoisotopic (exact) mass is 316 g/mol. The van der Waals surface area contributed by atoms with Crippen LogP contribution in [-0.4, -0.2) is 5.71 Å². The Morgan fingerprint density at radius 2 is 2.05 bits per heavy atom. The molecule has 0 amide bonds. The minimum atomic E-state index is -0.269. The summed E-state index contributed by atoms with van der Waals surface area (Å²) in [5.41, 5.74) is 5.44. The van der Waals surface area contributed by atoms with Crippen molar-refractivity contribution in [3.05, 3.63) is 49.9 Å². The van der Waals surface area contributed by atoms with E-state index in [-0.39, 0.29) is 5.82 Å².